The molecule has 0 saturated heterocycles. The molecule has 0 aliphatic rings. The lowest BCUT2D eigenvalue weighted by Crippen LogP contribution is -2.11. The second-order valence-electron chi connectivity index (χ2n) is 2.42. The molecule has 0 heterocycles. The van der Waals surface area contributed by atoms with Gasteiger partial charge in [-0.25, -0.2) is 4.39 Å². The Balaban J connectivity index is 3.01. The Morgan fingerprint density at radius 2 is 2.25 bits per heavy atom. The Labute approximate surface area is 74.8 Å². The van der Waals surface area contributed by atoms with Crippen LogP contribution in [0.3, 0.4) is 0 Å². The van der Waals surface area contributed by atoms with Crippen molar-refractivity contribution in [3.63, 3.8) is 0 Å². The van der Waals surface area contributed by atoms with E-state index in [9.17, 15) is 9.50 Å². The van der Waals surface area contributed by atoms with Gasteiger partial charge in [0, 0.05) is 17.1 Å². The standard InChI is InChI=1S/C8H9ClFNO/c9-7-3-5(10)1-2-6(7)8(12)4-11/h1-3,8,12H,4,11H2. The van der Waals surface area contributed by atoms with E-state index in [4.69, 9.17) is 17.3 Å². The highest BCUT2D eigenvalue weighted by Gasteiger charge is 2.09. The fourth-order valence-corrected chi connectivity index (χ4v) is 1.19. The first-order valence-corrected chi connectivity index (χ1v) is 3.86. The molecular formula is C8H9ClFNO. The summed E-state index contributed by atoms with van der Waals surface area (Å²) in [4.78, 5) is 0. The van der Waals surface area contributed by atoms with Gasteiger partial charge in [-0.1, -0.05) is 17.7 Å². The van der Waals surface area contributed by atoms with Crippen LogP contribution in [0.2, 0.25) is 5.02 Å². The van der Waals surface area contributed by atoms with Gasteiger partial charge in [0.05, 0.1) is 6.10 Å². The molecule has 1 atom stereocenters. The molecule has 0 aliphatic heterocycles. The van der Waals surface area contributed by atoms with E-state index in [0.29, 0.717) is 5.56 Å². The van der Waals surface area contributed by atoms with Gasteiger partial charge in [-0.3, -0.25) is 0 Å². The monoisotopic (exact) mass is 189 g/mol. The van der Waals surface area contributed by atoms with Gasteiger partial charge >= 0.3 is 0 Å². The second-order valence-corrected chi connectivity index (χ2v) is 2.82. The van der Waals surface area contributed by atoms with Crippen LogP contribution in [0.25, 0.3) is 0 Å². The van der Waals surface area contributed by atoms with Crippen LogP contribution in [-0.4, -0.2) is 11.7 Å². The third-order valence-corrected chi connectivity index (χ3v) is 1.87. The number of nitrogens with two attached hydrogens (primary N) is 1. The van der Waals surface area contributed by atoms with Crippen molar-refractivity contribution in [2.75, 3.05) is 6.54 Å². The molecule has 0 bridgehead atoms. The van der Waals surface area contributed by atoms with E-state index in [1.54, 1.807) is 0 Å². The van der Waals surface area contributed by atoms with E-state index in [0.717, 1.165) is 6.07 Å². The number of halogens is 2. The van der Waals surface area contributed by atoms with Gasteiger partial charge in [-0.15, -0.1) is 0 Å². The first-order valence-electron chi connectivity index (χ1n) is 3.48. The van der Waals surface area contributed by atoms with E-state index < -0.39 is 11.9 Å². The first kappa shape index (κ1) is 9.45. The van der Waals surface area contributed by atoms with Crippen molar-refractivity contribution >= 4 is 11.6 Å². The quantitative estimate of drug-likeness (QED) is 0.740. The summed E-state index contributed by atoms with van der Waals surface area (Å²) in [5, 5.41) is 9.47. The maximum atomic E-state index is 12.5. The summed E-state index contributed by atoms with van der Waals surface area (Å²) in [5.41, 5.74) is 5.67. The van der Waals surface area contributed by atoms with Gasteiger partial charge in [0.1, 0.15) is 5.82 Å². The number of benzene rings is 1. The van der Waals surface area contributed by atoms with Crippen LogP contribution in [0.1, 0.15) is 11.7 Å². The summed E-state index contributed by atoms with van der Waals surface area (Å²) in [6, 6.07) is 3.81. The summed E-state index contributed by atoms with van der Waals surface area (Å²) in [5.74, 6) is -0.423. The molecule has 1 rings (SSSR count). The molecule has 66 valence electrons. The van der Waals surface area contributed by atoms with Gasteiger partial charge in [-0.2, -0.15) is 0 Å². The average molecular weight is 190 g/mol. The molecule has 0 aliphatic carbocycles. The summed E-state index contributed by atoms with van der Waals surface area (Å²) < 4.78 is 12.5. The fraction of sp³-hybridized carbons (Fsp3) is 0.250. The minimum absolute atomic E-state index is 0.0748. The molecule has 1 aromatic rings. The molecule has 0 amide bonds. The number of aliphatic hydroxyl groups is 1. The van der Waals surface area contributed by atoms with Crippen LogP contribution in [0, 0.1) is 5.82 Å². The average Bonchev–Trinajstić information content (AvgIpc) is 2.03. The molecule has 0 aromatic heterocycles. The Kier molecular flexibility index (Phi) is 3.03. The van der Waals surface area contributed by atoms with Crippen LogP contribution in [0.15, 0.2) is 18.2 Å². The highest BCUT2D eigenvalue weighted by atomic mass is 35.5. The molecule has 12 heavy (non-hydrogen) atoms. The fourth-order valence-electron chi connectivity index (χ4n) is 0.899. The molecule has 0 saturated carbocycles. The molecule has 0 radical (unpaired) electrons. The Bertz CT molecular complexity index is 280. The number of hydrogen-bond acceptors (Lipinski definition) is 2. The van der Waals surface area contributed by atoms with Crippen molar-refractivity contribution in [1.29, 1.82) is 0 Å². The topological polar surface area (TPSA) is 46.2 Å². The zero-order valence-corrected chi connectivity index (χ0v) is 7.05. The summed E-state index contributed by atoms with van der Waals surface area (Å²) >= 11 is 5.65. The third-order valence-electron chi connectivity index (χ3n) is 1.54. The normalized spacial score (nSPS) is 13.0. The number of aliphatic hydroxyl groups excluding tert-OH is 1. The van der Waals surface area contributed by atoms with Crippen molar-refractivity contribution in [1.82, 2.24) is 0 Å². The lowest BCUT2D eigenvalue weighted by atomic mass is 10.1. The van der Waals surface area contributed by atoms with Gasteiger partial charge in [0.15, 0.2) is 0 Å². The van der Waals surface area contributed by atoms with Crippen LogP contribution >= 0.6 is 11.6 Å². The van der Waals surface area contributed by atoms with Crippen molar-refractivity contribution < 1.29 is 9.50 Å². The van der Waals surface area contributed by atoms with Gasteiger partial charge in [0.2, 0.25) is 0 Å². The van der Waals surface area contributed by atoms with Gasteiger partial charge < -0.3 is 10.8 Å². The van der Waals surface area contributed by atoms with Crippen molar-refractivity contribution in [2.24, 2.45) is 5.73 Å². The zero-order valence-electron chi connectivity index (χ0n) is 6.30. The highest BCUT2D eigenvalue weighted by molar-refractivity contribution is 6.31. The summed E-state index contributed by atoms with van der Waals surface area (Å²) in [7, 11) is 0. The van der Waals surface area contributed by atoms with Crippen LogP contribution in [0.4, 0.5) is 4.39 Å². The lowest BCUT2D eigenvalue weighted by molar-refractivity contribution is 0.187. The molecule has 0 spiro atoms. The Morgan fingerprint density at radius 3 is 2.75 bits per heavy atom. The van der Waals surface area contributed by atoms with Crippen LogP contribution in [0.5, 0.6) is 0 Å². The van der Waals surface area contributed by atoms with E-state index in [1.165, 1.54) is 12.1 Å². The van der Waals surface area contributed by atoms with Crippen molar-refractivity contribution in [3.05, 3.63) is 34.6 Å². The predicted molar refractivity (Wildman–Crippen MR) is 45.4 cm³/mol. The summed E-state index contributed by atoms with van der Waals surface area (Å²) in [6.45, 7) is 0.0748. The van der Waals surface area contributed by atoms with E-state index >= 15 is 0 Å². The highest BCUT2D eigenvalue weighted by Crippen LogP contribution is 2.22. The van der Waals surface area contributed by atoms with Crippen LogP contribution < -0.4 is 5.73 Å². The van der Waals surface area contributed by atoms with Crippen molar-refractivity contribution in [3.8, 4) is 0 Å². The first-order chi connectivity index (χ1) is 5.65. The molecule has 3 N–H and O–H groups in total. The minimum Gasteiger partial charge on any atom is -0.387 e. The molecule has 2 nitrogen and oxygen atoms in total. The maximum Gasteiger partial charge on any atom is 0.124 e. The Hall–Kier alpha value is -0.640. The SMILES string of the molecule is NCC(O)c1ccc(F)cc1Cl. The van der Waals surface area contributed by atoms with E-state index in [2.05, 4.69) is 0 Å². The lowest BCUT2D eigenvalue weighted by Gasteiger charge is -2.09. The molecule has 4 heteroatoms. The molecule has 0 fully saturated rings. The number of rotatable bonds is 2. The molecule has 1 unspecified atom stereocenters. The van der Waals surface area contributed by atoms with Gasteiger partial charge in [0.25, 0.3) is 0 Å². The third kappa shape index (κ3) is 1.94. The van der Waals surface area contributed by atoms with E-state index in [-0.39, 0.29) is 11.6 Å². The molecule has 1 aromatic carbocycles. The zero-order chi connectivity index (χ0) is 9.14. The largest absolute Gasteiger partial charge is 0.387 e. The predicted octanol–water partition coefficient (Wildman–Crippen LogP) is 1.47. The molecular weight excluding hydrogens is 181 g/mol. The second kappa shape index (κ2) is 3.85. The van der Waals surface area contributed by atoms with Gasteiger partial charge in [-0.05, 0) is 12.1 Å². The smallest absolute Gasteiger partial charge is 0.124 e. The van der Waals surface area contributed by atoms with E-state index in [1.807, 2.05) is 0 Å². The Morgan fingerprint density at radius 1 is 1.58 bits per heavy atom. The minimum atomic E-state index is -0.821. The van der Waals surface area contributed by atoms with Crippen molar-refractivity contribution in [2.45, 2.75) is 6.10 Å². The maximum absolute atomic E-state index is 12.5. The number of hydrogen-bond donors (Lipinski definition) is 2. The summed E-state index contributed by atoms with van der Waals surface area (Å²) in [6.07, 6.45) is -0.821. The van der Waals surface area contributed by atoms with Crippen LogP contribution in [-0.2, 0) is 0 Å².